The zero-order valence-electron chi connectivity index (χ0n) is 12.7. The molecule has 1 amide bonds. The van der Waals surface area contributed by atoms with Gasteiger partial charge in [-0.05, 0) is 35.9 Å². The number of nitrogens with zero attached hydrogens (tertiary/aromatic N) is 1. The van der Waals surface area contributed by atoms with Crippen molar-refractivity contribution < 1.29 is 27.1 Å². The molecular formula is C17H12F4N2O2. The van der Waals surface area contributed by atoms with Crippen molar-refractivity contribution in [1.82, 2.24) is 0 Å². The minimum atomic E-state index is -4.52. The van der Waals surface area contributed by atoms with E-state index in [-0.39, 0.29) is 23.4 Å². The van der Waals surface area contributed by atoms with Gasteiger partial charge in [0.1, 0.15) is 17.6 Å². The fourth-order valence-corrected chi connectivity index (χ4v) is 1.97. The quantitative estimate of drug-likeness (QED) is 0.832. The Morgan fingerprint density at radius 3 is 2.44 bits per heavy atom. The van der Waals surface area contributed by atoms with Crippen molar-refractivity contribution in [3.8, 4) is 11.8 Å². The van der Waals surface area contributed by atoms with Crippen LogP contribution >= 0.6 is 0 Å². The van der Waals surface area contributed by atoms with Crippen molar-refractivity contribution >= 4 is 11.6 Å². The molecule has 25 heavy (non-hydrogen) atoms. The first-order valence-corrected chi connectivity index (χ1v) is 7.05. The number of amides is 1. The summed E-state index contributed by atoms with van der Waals surface area (Å²) in [7, 11) is 0. The zero-order valence-corrected chi connectivity index (χ0v) is 12.7. The molecule has 0 fully saturated rings. The number of alkyl halides is 3. The first-order chi connectivity index (χ1) is 11.8. The summed E-state index contributed by atoms with van der Waals surface area (Å²) in [4.78, 5) is 11.9. The van der Waals surface area contributed by atoms with Gasteiger partial charge in [-0.1, -0.05) is 12.1 Å². The van der Waals surface area contributed by atoms with E-state index in [0.29, 0.717) is 5.56 Å². The van der Waals surface area contributed by atoms with Crippen LogP contribution in [0.5, 0.6) is 5.75 Å². The van der Waals surface area contributed by atoms with E-state index >= 15 is 0 Å². The summed E-state index contributed by atoms with van der Waals surface area (Å²) >= 11 is 0. The van der Waals surface area contributed by atoms with Crippen LogP contribution in [0.15, 0.2) is 42.5 Å². The summed E-state index contributed by atoms with van der Waals surface area (Å²) in [6.45, 7) is -1.52. The topological polar surface area (TPSA) is 62.1 Å². The van der Waals surface area contributed by atoms with Gasteiger partial charge in [0.2, 0.25) is 5.91 Å². The second-order valence-corrected chi connectivity index (χ2v) is 5.08. The van der Waals surface area contributed by atoms with E-state index in [9.17, 15) is 22.4 Å². The molecule has 2 aromatic carbocycles. The minimum Gasteiger partial charge on any atom is -0.483 e. The maximum atomic E-state index is 12.8. The highest BCUT2D eigenvalue weighted by Crippen LogP contribution is 2.25. The molecule has 0 aliphatic heterocycles. The lowest BCUT2D eigenvalue weighted by Gasteiger charge is -2.12. The second-order valence-electron chi connectivity index (χ2n) is 5.08. The van der Waals surface area contributed by atoms with E-state index in [4.69, 9.17) is 5.26 Å². The normalized spacial score (nSPS) is 10.8. The van der Waals surface area contributed by atoms with Crippen molar-refractivity contribution in [3.63, 3.8) is 0 Å². The van der Waals surface area contributed by atoms with Gasteiger partial charge in [0.25, 0.3) is 0 Å². The van der Waals surface area contributed by atoms with Gasteiger partial charge in [-0.15, -0.1) is 0 Å². The lowest BCUT2D eigenvalue weighted by molar-refractivity contribution is -0.153. The molecule has 8 heteroatoms. The summed E-state index contributed by atoms with van der Waals surface area (Å²) < 4.78 is 53.9. The average molecular weight is 352 g/mol. The number of carbonyl (C=O) groups excluding carboxylic acids is 1. The Kier molecular flexibility index (Phi) is 5.60. The zero-order chi connectivity index (χ0) is 18.4. The molecule has 2 rings (SSSR count). The van der Waals surface area contributed by atoms with E-state index in [0.717, 1.165) is 0 Å². The van der Waals surface area contributed by atoms with E-state index in [2.05, 4.69) is 10.1 Å². The Bertz CT molecular complexity index is 796. The molecule has 4 nitrogen and oxygen atoms in total. The lowest BCUT2D eigenvalue weighted by atomic mass is 10.1. The standard InChI is InChI=1S/C17H12F4N2O2/c18-13-3-1-11(2-4-13)7-16(24)23-14-5-6-15(12(8-14)9-22)25-10-17(19,20)21/h1-6,8H,7,10H2,(H,23,24). The number of carbonyl (C=O) groups is 1. The smallest absolute Gasteiger partial charge is 0.422 e. The molecule has 1 N–H and O–H groups in total. The van der Waals surface area contributed by atoms with Crippen molar-refractivity contribution in [3.05, 3.63) is 59.4 Å². The minimum absolute atomic E-state index is 0.0194. The van der Waals surface area contributed by atoms with Crippen molar-refractivity contribution in [2.75, 3.05) is 11.9 Å². The lowest BCUT2D eigenvalue weighted by Crippen LogP contribution is -2.19. The first kappa shape index (κ1) is 18.3. The van der Waals surface area contributed by atoms with Crippen LogP contribution < -0.4 is 10.1 Å². The molecule has 0 aliphatic carbocycles. The third-order valence-electron chi connectivity index (χ3n) is 3.05. The molecule has 0 saturated heterocycles. The van der Waals surface area contributed by atoms with Crippen LogP contribution in [-0.4, -0.2) is 18.7 Å². The van der Waals surface area contributed by atoms with E-state index in [1.165, 1.54) is 42.5 Å². The molecule has 0 heterocycles. The van der Waals surface area contributed by atoms with Crippen LogP contribution in [0.25, 0.3) is 0 Å². The number of anilines is 1. The third-order valence-corrected chi connectivity index (χ3v) is 3.05. The molecule has 0 aromatic heterocycles. The Hall–Kier alpha value is -3.08. The number of benzene rings is 2. The SMILES string of the molecule is N#Cc1cc(NC(=O)Cc2ccc(F)cc2)ccc1OCC(F)(F)F. The van der Waals surface area contributed by atoms with Gasteiger partial charge in [-0.2, -0.15) is 18.4 Å². The summed E-state index contributed by atoms with van der Waals surface area (Å²) in [6, 6.07) is 10.8. The van der Waals surface area contributed by atoms with Gasteiger partial charge >= 0.3 is 6.18 Å². The van der Waals surface area contributed by atoms with Crippen LogP contribution in [0.4, 0.5) is 23.2 Å². The number of ether oxygens (including phenoxy) is 1. The molecule has 0 aliphatic rings. The van der Waals surface area contributed by atoms with Gasteiger partial charge in [-0.3, -0.25) is 4.79 Å². The highest BCUT2D eigenvalue weighted by Gasteiger charge is 2.28. The molecule has 0 bridgehead atoms. The van der Waals surface area contributed by atoms with Crippen LogP contribution in [0.3, 0.4) is 0 Å². The summed E-state index contributed by atoms with van der Waals surface area (Å²) in [5.74, 6) is -1.06. The van der Waals surface area contributed by atoms with Crippen molar-refractivity contribution in [1.29, 1.82) is 5.26 Å². The second kappa shape index (κ2) is 7.66. The molecular weight excluding hydrogens is 340 g/mol. The number of rotatable bonds is 5. The van der Waals surface area contributed by atoms with Gasteiger partial charge < -0.3 is 10.1 Å². The number of hydrogen-bond donors (Lipinski definition) is 1. The predicted molar refractivity (Wildman–Crippen MR) is 81.4 cm³/mol. The van der Waals surface area contributed by atoms with Crippen LogP contribution in [-0.2, 0) is 11.2 Å². The summed E-state index contributed by atoms with van der Waals surface area (Å²) in [5, 5.41) is 11.5. The first-order valence-electron chi connectivity index (χ1n) is 7.05. The highest BCUT2D eigenvalue weighted by molar-refractivity contribution is 5.92. The average Bonchev–Trinajstić information content (AvgIpc) is 2.54. The fraction of sp³-hybridized carbons (Fsp3) is 0.176. The van der Waals surface area contributed by atoms with Crippen LogP contribution in [0.2, 0.25) is 0 Å². The van der Waals surface area contributed by atoms with Gasteiger partial charge in [0, 0.05) is 5.69 Å². The van der Waals surface area contributed by atoms with Gasteiger partial charge in [-0.25, -0.2) is 4.39 Å². The number of nitrogens with one attached hydrogen (secondary N) is 1. The molecule has 0 atom stereocenters. The molecule has 0 saturated carbocycles. The van der Waals surface area contributed by atoms with Crippen molar-refractivity contribution in [2.45, 2.75) is 12.6 Å². The largest absolute Gasteiger partial charge is 0.483 e. The van der Waals surface area contributed by atoms with Crippen molar-refractivity contribution in [2.24, 2.45) is 0 Å². The predicted octanol–water partition coefficient (Wildman–Crippen LogP) is 3.82. The molecule has 0 unspecified atom stereocenters. The number of hydrogen-bond acceptors (Lipinski definition) is 3. The van der Waals surface area contributed by atoms with Gasteiger partial charge in [0.05, 0.1) is 12.0 Å². The number of nitriles is 1. The van der Waals surface area contributed by atoms with Crippen LogP contribution in [0, 0.1) is 17.1 Å². The summed E-state index contributed by atoms with van der Waals surface area (Å²) in [5.41, 5.74) is 0.691. The fourth-order valence-electron chi connectivity index (χ4n) is 1.97. The maximum absolute atomic E-state index is 12.8. The molecule has 2 aromatic rings. The van der Waals surface area contributed by atoms with E-state index in [1.54, 1.807) is 6.07 Å². The Labute approximate surface area is 140 Å². The Morgan fingerprint density at radius 1 is 1.16 bits per heavy atom. The third kappa shape index (κ3) is 5.80. The van der Waals surface area contributed by atoms with E-state index in [1.807, 2.05) is 0 Å². The number of halogens is 4. The molecule has 0 radical (unpaired) electrons. The maximum Gasteiger partial charge on any atom is 0.422 e. The summed E-state index contributed by atoms with van der Waals surface area (Å²) in [6.07, 6.45) is -4.54. The monoisotopic (exact) mass is 352 g/mol. The Morgan fingerprint density at radius 2 is 1.84 bits per heavy atom. The molecule has 130 valence electrons. The van der Waals surface area contributed by atoms with Gasteiger partial charge in [0.15, 0.2) is 6.61 Å². The van der Waals surface area contributed by atoms with E-state index < -0.39 is 24.5 Å². The highest BCUT2D eigenvalue weighted by atomic mass is 19.4. The molecule has 0 spiro atoms. The van der Waals surface area contributed by atoms with Crippen LogP contribution in [0.1, 0.15) is 11.1 Å². The Balaban J connectivity index is 2.03.